The molecule has 2 N–H and O–H groups in total. The van der Waals surface area contributed by atoms with E-state index in [-0.39, 0.29) is 23.6 Å². The molecule has 2 amide bonds. The number of halogens is 2. The number of rotatable bonds is 3. The fourth-order valence-electron chi connectivity index (χ4n) is 1.60. The number of thioether (sulfide) groups is 1. The zero-order chi connectivity index (χ0) is 14.0. The Hall–Kier alpha value is -1.73. The number of imide groups is 1. The first kappa shape index (κ1) is 13.7. The second kappa shape index (κ2) is 5.50. The molecule has 7 heteroatoms. The lowest BCUT2D eigenvalue weighted by Crippen LogP contribution is -2.33. The van der Waals surface area contributed by atoms with Gasteiger partial charge in [0.05, 0.1) is 4.91 Å². The van der Waals surface area contributed by atoms with Gasteiger partial charge in [0.1, 0.15) is 0 Å². The van der Waals surface area contributed by atoms with Crippen LogP contribution >= 0.6 is 11.8 Å². The third kappa shape index (κ3) is 2.66. The Morgan fingerprint density at radius 1 is 1.32 bits per heavy atom. The van der Waals surface area contributed by atoms with E-state index in [2.05, 4.69) is 0 Å². The van der Waals surface area contributed by atoms with Crippen LogP contribution in [-0.4, -0.2) is 29.1 Å². The van der Waals surface area contributed by atoms with Crippen molar-refractivity contribution in [3.8, 4) is 0 Å². The smallest absolute Gasteiger partial charge is 0.293 e. The first-order valence-corrected chi connectivity index (χ1v) is 6.25. The van der Waals surface area contributed by atoms with E-state index in [1.54, 1.807) is 0 Å². The van der Waals surface area contributed by atoms with Crippen LogP contribution in [0.25, 0.3) is 6.08 Å². The number of nitrogens with two attached hydrogens (primary N) is 1. The molecule has 1 aromatic carbocycles. The van der Waals surface area contributed by atoms with Gasteiger partial charge in [-0.25, -0.2) is 8.78 Å². The number of hydrogen-bond donors (Lipinski definition) is 1. The molecule has 1 fully saturated rings. The van der Waals surface area contributed by atoms with Crippen molar-refractivity contribution in [3.63, 3.8) is 0 Å². The van der Waals surface area contributed by atoms with E-state index in [0.29, 0.717) is 11.8 Å². The predicted molar refractivity (Wildman–Crippen MR) is 68.1 cm³/mol. The largest absolute Gasteiger partial charge is 0.329 e. The summed E-state index contributed by atoms with van der Waals surface area (Å²) < 4.78 is 26.5. The molecule has 1 aliphatic heterocycles. The Kier molecular flexibility index (Phi) is 3.96. The molecule has 0 saturated carbocycles. The van der Waals surface area contributed by atoms with Crippen molar-refractivity contribution in [1.29, 1.82) is 0 Å². The topological polar surface area (TPSA) is 63.4 Å². The van der Waals surface area contributed by atoms with Crippen molar-refractivity contribution in [2.24, 2.45) is 5.73 Å². The molecule has 1 saturated heterocycles. The molecular formula is C12H10F2N2O2S. The molecule has 19 heavy (non-hydrogen) atoms. The van der Waals surface area contributed by atoms with Crippen LogP contribution in [0, 0.1) is 11.6 Å². The van der Waals surface area contributed by atoms with Gasteiger partial charge in [-0.3, -0.25) is 14.5 Å². The summed E-state index contributed by atoms with van der Waals surface area (Å²) in [5.74, 6) is -2.59. The minimum Gasteiger partial charge on any atom is -0.329 e. The van der Waals surface area contributed by atoms with Crippen LogP contribution in [0.3, 0.4) is 0 Å². The molecular weight excluding hydrogens is 274 g/mol. The molecule has 1 aromatic rings. The second-order valence-corrected chi connectivity index (χ2v) is 4.76. The lowest BCUT2D eigenvalue weighted by Gasteiger charge is -2.09. The van der Waals surface area contributed by atoms with Gasteiger partial charge in [0.15, 0.2) is 11.6 Å². The molecule has 4 nitrogen and oxygen atoms in total. The fourth-order valence-corrected chi connectivity index (χ4v) is 2.45. The fraction of sp³-hybridized carbons (Fsp3) is 0.167. The van der Waals surface area contributed by atoms with Gasteiger partial charge >= 0.3 is 0 Å². The summed E-state index contributed by atoms with van der Waals surface area (Å²) in [5.41, 5.74) is 5.22. The summed E-state index contributed by atoms with van der Waals surface area (Å²) >= 11 is 0.685. The minimum absolute atomic E-state index is 0.0583. The summed E-state index contributed by atoms with van der Waals surface area (Å²) in [6.45, 7) is 0.257. The Balaban J connectivity index is 2.32. The molecule has 0 bridgehead atoms. The molecule has 1 aliphatic rings. The highest BCUT2D eigenvalue weighted by molar-refractivity contribution is 8.18. The van der Waals surface area contributed by atoms with Crippen LogP contribution in [0.2, 0.25) is 0 Å². The third-order valence-electron chi connectivity index (χ3n) is 2.49. The minimum atomic E-state index is -1.05. The average molecular weight is 284 g/mol. The molecule has 100 valence electrons. The number of carbonyl (C=O) groups is 2. The number of amides is 2. The van der Waals surface area contributed by atoms with Crippen LogP contribution in [0.4, 0.5) is 13.6 Å². The normalized spacial score (nSPS) is 17.6. The predicted octanol–water partition coefficient (Wildman–Crippen LogP) is 1.96. The van der Waals surface area contributed by atoms with E-state index in [0.717, 1.165) is 11.0 Å². The van der Waals surface area contributed by atoms with E-state index < -0.39 is 22.8 Å². The van der Waals surface area contributed by atoms with Crippen molar-refractivity contribution in [2.75, 3.05) is 13.1 Å². The van der Waals surface area contributed by atoms with Gasteiger partial charge in [-0.05, 0) is 23.9 Å². The standard InChI is InChI=1S/C12H10F2N2O2S/c13-8-3-1-2-7(10(8)14)6-9-11(17)16(5-4-15)12(18)19-9/h1-3,6H,4-5,15H2. The zero-order valence-corrected chi connectivity index (χ0v) is 10.5. The monoisotopic (exact) mass is 284 g/mol. The van der Waals surface area contributed by atoms with Crippen LogP contribution in [0.5, 0.6) is 0 Å². The van der Waals surface area contributed by atoms with E-state index in [4.69, 9.17) is 5.73 Å². The highest BCUT2D eigenvalue weighted by Gasteiger charge is 2.34. The van der Waals surface area contributed by atoms with E-state index >= 15 is 0 Å². The maximum atomic E-state index is 13.5. The van der Waals surface area contributed by atoms with Crippen molar-refractivity contribution in [3.05, 3.63) is 40.3 Å². The van der Waals surface area contributed by atoms with Crippen LogP contribution < -0.4 is 5.73 Å². The van der Waals surface area contributed by atoms with Crippen molar-refractivity contribution < 1.29 is 18.4 Å². The maximum absolute atomic E-state index is 13.5. The van der Waals surface area contributed by atoms with Gasteiger partial charge < -0.3 is 5.73 Å². The molecule has 0 spiro atoms. The average Bonchev–Trinajstić information content (AvgIpc) is 2.63. The third-order valence-corrected chi connectivity index (χ3v) is 3.40. The van der Waals surface area contributed by atoms with E-state index in [1.807, 2.05) is 0 Å². The van der Waals surface area contributed by atoms with E-state index in [9.17, 15) is 18.4 Å². The Morgan fingerprint density at radius 3 is 2.74 bits per heavy atom. The van der Waals surface area contributed by atoms with Gasteiger partial charge in [0.25, 0.3) is 11.1 Å². The van der Waals surface area contributed by atoms with Gasteiger partial charge in [-0.1, -0.05) is 12.1 Å². The van der Waals surface area contributed by atoms with E-state index in [1.165, 1.54) is 18.2 Å². The Morgan fingerprint density at radius 2 is 2.05 bits per heavy atom. The van der Waals surface area contributed by atoms with Gasteiger partial charge in [-0.2, -0.15) is 0 Å². The Bertz CT molecular complexity index is 575. The SMILES string of the molecule is NCCN1C(=O)SC(=Cc2cccc(F)c2F)C1=O. The first-order chi connectivity index (χ1) is 9.04. The van der Waals surface area contributed by atoms with Crippen LogP contribution in [0.1, 0.15) is 5.56 Å². The van der Waals surface area contributed by atoms with Crippen molar-refractivity contribution in [2.45, 2.75) is 0 Å². The van der Waals surface area contributed by atoms with Gasteiger partial charge in [-0.15, -0.1) is 0 Å². The van der Waals surface area contributed by atoms with Crippen LogP contribution in [-0.2, 0) is 4.79 Å². The van der Waals surface area contributed by atoms with Gasteiger partial charge in [0.2, 0.25) is 0 Å². The number of benzene rings is 1. The summed E-state index contributed by atoms with van der Waals surface area (Å²) in [4.78, 5) is 24.4. The first-order valence-electron chi connectivity index (χ1n) is 5.44. The summed E-state index contributed by atoms with van der Waals surface area (Å²) in [5, 5.41) is -0.460. The molecule has 0 atom stereocenters. The second-order valence-electron chi connectivity index (χ2n) is 3.77. The molecule has 0 unspecified atom stereocenters. The molecule has 2 rings (SSSR count). The Labute approximate surface area is 112 Å². The lowest BCUT2D eigenvalue weighted by atomic mass is 10.2. The summed E-state index contributed by atoms with van der Waals surface area (Å²) in [6.07, 6.45) is 1.17. The molecule has 0 aliphatic carbocycles. The summed E-state index contributed by atoms with van der Waals surface area (Å²) in [6, 6.07) is 3.64. The number of hydrogen-bond acceptors (Lipinski definition) is 4. The quantitative estimate of drug-likeness (QED) is 0.862. The lowest BCUT2D eigenvalue weighted by molar-refractivity contribution is -0.122. The van der Waals surface area contributed by atoms with Crippen LogP contribution in [0.15, 0.2) is 23.1 Å². The molecule has 1 heterocycles. The molecule has 0 aromatic heterocycles. The summed E-state index contributed by atoms with van der Waals surface area (Å²) in [7, 11) is 0. The zero-order valence-electron chi connectivity index (χ0n) is 9.73. The number of carbonyl (C=O) groups excluding carboxylic acids is 2. The molecule has 0 radical (unpaired) electrons. The maximum Gasteiger partial charge on any atom is 0.293 e. The van der Waals surface area contributed by atoms with Crippen molar-refractivity contribution in [1.82, 2.24) is 4.90 Å². The number of nitrogens with zero attached hydrogens (tertiary/aromatic N) is 1. The highest BCUT2D eigenvalue weighted by atomic mass is 32.2. The van der Waals surface area contributed by atoms with Gasteiger partial charge in [0, 0.05) is 18.7 Å². The van der Waals surface area contributed by atoms with Crippen molar-refractivity contribution >= 4 is 29.0 Å². The highest BCUT2D eigenvalue weighted by Crippen LogP contribution is 2.32.